The first-order valence-electron chi connectivity index (χ1n) is 11.0. The SMILES string of the molecule is C[C@]1(c2cc(F)ccc2F)NC(=O)N(CC(=O)N2c3ccccc3SC[C@@H]2c2ccccc2)C1=O. The molecule has 6 nitrogen and oxygen atoms in total. The van der Waals surface area contributed by atoms with Crippen molar-refractivity contribution in [1.29, 1.82) is 0 Å². The van der Waals surface area contributed by atoms with Gasteiger partial charge in [-0.2, -0.15) is 0 Å². The van der Waals surface area contributed by atoms with E-state index in [9.17, 15) is 23.2 Å². The van der Waals surface area contributed by atoms with E-state index >= 15 is 0 Å². The number of hydrogen-bond donors (Lipinski definition) is 1. The number of benzene rings is 3. The predicted octanol–water partition coefficient (Wildman–Crippen LogP) is 4.61. The Morgan fingerprint density at radius 2 is 1.77 bits per heavy atom. The van der Waals surface area contributed by atoms with E-state index in [1.165, 1.54) is 6.92 Å². The molecule has 3 aromatic rings. The molecule has 0 spiro atoms. The highest BCUT2D eigenvalue weighted by Gasteiger charge is 2.51. The molecule has 2 aliphatic heterocycles. The number of halogens is 2. The summed E-state index contributed by atoms with van der Waals surface area (Å²) < 4.78 is 28.3. The molecule has 0 radical (unpaired) electrons. The van der Waals surface area contributed by atoms with E-state index in [0.29, 0.717) is 11.4 Å². The first-order chi connectivity index (χ1) is 16.8. The number of nitrogens with one attached hydrogen (secondary N) is 1. The van der Waals surface area contributed by atoms with E-state index in [-0.39, 0.29) is 11.6 Å². The summed E-state index contributed by atoms with van der Waals surface area (Å²) in [7, 11) is 0. The first kappa shape index (κ1) is 23.0. The zero-order valence-corrected chi connectivity index (χ0v) is 19.5. The zero-order valence-electron chi connectivity index (χ0n) is 18.7. The molecule has 5 rings (SSSR count). The van der Waals surface area contributed by atoms with Gasteiger partial charge in [0.15, 0.2) is 0 Å². The minimum atomic E-state index is -1.84. The van der Waals surface area contributed by atoms with Crippen molar-refractivity contribution in [3.8, 4) is 0 Å². The van der Waals surface area contributed by atoms with Gasteiger partial charge in [-0.3, -0.25) is 14.5 Å². The van der Waals surface area contributed by atoms with E-state index in [2.05, 4.69) is 5.32 Å². The quantitative estimate of drug-likeness (QED) is 0.539. The highest BCUT2D eigenvalue weighted by Crippen LogP contribution is 2.43. The van der Waals surface area contributed by atoms with E-state index in [4.69, 9.17) is 0 Å². The third-order valence-corrected chi connectivity index (χ3v) is 7.46. The Hall–Kier alpha value is -3.72. The van der Waals surface area contributed by atoms with Crippen LogP contribution in [0.15, 0.2) is 77.7 Å². The Bertz CT molecular complexity index is 1340. The molecule has 0 bridgehead atoms. The van der Waals surface area contributed by atoms with Crippen molar-refractivity contribution >= 4 is 35.3 Å². The molecule has 1 fully saturated rings. The van der Waals surface area contributed by atoms with Gasteiger partial charge in [0.2, 0.25) is 5.91 Å². The molecule has 35 heavy (non-hydrogen) atoms. The summed E-state index contributed by atoms with van der Waals surface area (Å²) in [5.41, 5.74) is -0.522. The molecule has 0 aliphatic carbocycles. The number of carbonyl (C=O) groups excluding carboxylic acids is 3. The second kappa shape index (κ2) is 8.81. The number of fused-ring (bicyclic) bond motifs is 1. The Balaban J connectivity index is 1.47. The first-order valence-corrected chi connectivity index (χ1v) is 12.0. The molecule has 4 amide bonds. The number of carbonyl (C=O) groups is 3. The van der Waals surface area contributed by atoms with Gasteiger partial charge in [0.25, 0.3) is 5.91 Å². The monoisotopic (exact) mass is 493 g/mol. The molecule has 9 heteroatoms. The summed E-state index contributed by atoms with van der Waals surface area (Å²) >= 11 is 1.63. The fourth-order valence-electron chi connectivity index (χ4n) is 4.53. The fraction of sp³-hybridized carbons (Fsp3) is 0.192. The molecule has 2 aliphatic rings. The number of hydrogen-bond acceptors (Lipinski definition) is 4. The van der Waals surface area contributed by atoms with Gasteiger partial charge in [0, 0.05) is 16.2 Å². The van der Waals surface area contributed by atoms with Crippen molar-refractivity contribution in [2.24, 2.45) is 0 Å². The minimum Gasteiger partial charge on any atom is -0.319 e. The van der Waals surface area contributed by atoms with Crippen LogP contribution in [-0.4, -0.2) is 35.0 Å². The maximum absolute atomic E-state index is 14.5. The number of nitrogens with zero attached hydrogens (tertiary/aromatic N) is 2. The third kappa shape index (κ3) is 3.95. The second-order valence-electron chi connectivity index (χ2n) is 8.54. The van der Waals surface area contributed by atoms with Gasteiger partial charge in [-0.25, -0.2) is 13.6 Å². The molecule has 178 valence electrons. The van der Waals surface area contributed by atoms with Crippen molar-refractivity contribution in [3.05, 3.63) is 95.6 Å². The van der Waals surface area contributed by atoms with E-state index in [1.54, 1.807) is 16.7 Å². The minimum absolute atomic E-state index is 0.298. The summed E-state index contributed by atoms with van der Waals surface area (Å²) in [6.07, 6.45) is 0. The molecule has 2 heterocycles. The van der Waals surface area contributed by atoms with Crippen LogP contribution in [0.5, 0.6) is 0 Å². The maximum atomic E-state index is 14.5. The third-order valence-electron chi connectivity index (χ3n) is 6.32. The second-order valence-corrected chi connectivity index (χ2v) is 9.60. The van der Waals surface area contributed by atoms with Gasteiger partial charge < -0.3 is 10.2 Å². The maximum Gasteiger partial charge on any atom is 0.325 e. The normalized spacial score (nSPS) is 21.6. The number of amides is 4. The number of rotatable bonds is 4. The number of imide groups is 1. The van der Waals surface area contributed by atoms with E-state index < -0.39 is 41.6 Å². The van der Waals surface area contributed by atoms with E-state index in [1.807, 2.05) is 54.6 Å². The number of para-hydroxylation sites is 1. The Kier molecular flexibility index (Phi) is 5.80. The summed E-state index contributed by atoms with van der Waals surface area (Å²) in [6.45, 7) is 0.759. The number of anilines is 1. The van der Waals surface area contributed by atoms with Crippen LogP contribution in [0.1, 0.15) is 24.1 Å². The van der Waals surface area contributed by atoms with Crippen molar-refractivity contribution in [2.75, 3.05) is 17.2 Å². The molecule has 0 unspecified atom stereocenters. The lowest BCUT2D eigenvalue weighted by molar-refractivity contribution is -0.134. The molecule has 1 saturated heterocycles. The fourth-order valence-corrected chi connectivity index (χ4v) is 5.70. The van der Waals surface area contributed by atoms with Crippen LogP contribution in [0, 0.1) is 11.6 Å². The Labute approximate surface area is 204 Å². The van der Waals surface area contributed by atoms with Gasteiger partial charge in [0.1, 0.15) is 23.7 Å². The van der Waals surface area contributed by atoms with Crippen LogP contribution in [0.2, 0.25) is 0 Å². The van der Waals surface area contributed by atoms with Crippen molar-refractivity contribution in [2.45, 2.75) is 23.4 Å². The van der Waals surface area contributed by atoms with Crippen molar-refractivity contribution in [3.63, 3.8) is 0 Å². The largest absolute Gasteiger partial charge is 0.325 e. The smallest absolute Gasteiger partial charge is 0.319 e. The molecule has 0 aromatic heterocycles. The summed E-state index contributed by atoms with van der Waals surface area (Å²) in [4.78, 5) is 43.0. The lowest BCUT2D eigenvalue weighted by atomic mass is 9.91. The van der Waals surface area contributed by atoms with Crippen molar-refractivity contribution < 1.29 is 23.2 Å². The lowest BCUT2D eigenvalue weighted by Gasteiger charge is -2.37. The average Bonchev–Trinajstić information content (AvgIpc) is 3.08. The average molecular weight is 494 g/mol. The van der Waals surface area contributed by atoms with E-state index in [0.717, 1.165) is 33.6 Å². The molecule has 2 atom stereocenters. The standard InChI is InChI=1S/C26H21F2N3O3S/c1-26(18-13-17(27)11-12-19(18)28)24(33)30(25(34)29-26)14-23(32)31-20-9-5-6-10-22(20)35-15-21(31)16-7-3-2-4-8-16/h2-13,21H,14-15H2,1H3,(H,29,34)/t21-,26-/m1/s1. The predicted molar refractivity (Wildman–Crippen MR) is 128 cm³/mol. The number of thioether (sulfide) groups is 1. The van der Waals surface area contributed by atoms with Gasteiger partial charge in [0.05, 0.1) is 11.7 Å². The van der Waals surface area contributed by atoms with Gasteiger partial charge in [-0.1, -0.05) is 42.5 Å². The van der Waals surface area contributed by atoms with Crippen molar-refractivity contribution in [1.82, 2.24) is 10.2 Å². The Morgan fingerprint density at radius 3 is 2.54 bits per heavy atom. The molecular weight excluding hydrogens is 472 g/mol. The highest BCUT2D eigenvalue weighted by atomic mass is 32.2. The van der Waals surface area contributed by atoms with Crippen LogP contribution in [0.25, 0.3) is 0 Å². The van der Waals surface area contributed by atoms with Crippen LogP contribution in [-0.2, 0) is 15.1 Å². The highest BCUT2D eigenvalue weighted by molar-refractivity contribution is 7.99. The summed E-state index contributed by atoms with van der Waals surface area (Å²) in [5.74, 6) is -2.26. The van der Waals surface area contributed by atoms with Gasteiger partial charge in [-0.15, -0.1) is 11.8 Å². The Morgan fingerprint density at radius 1 is 1.06 bits per heavy atom. The molecular formula is C26H21F2N3O3S. The summed E-state index contributed by atoms with van der Waals surface area (Å²) in [6, 6.07) is 18.5. The molecule has 3 aromatic carbocycles. The topological polar surface area (TPSA) is 69.7 Å². The van der Waals surface area contributed by atoms with Crippen LogP contribution >= 0.6 is 11.8 Å². The zero-order chi connectivity index (χ0) is 24.7. The lowest BCUT2D eigenvalue weighted by Crippen LogP contribution is -2.47. The van der Waals surface area contributed by atoms with Crippen LogP contribution in [0.4, 0.5) is 19.3 Å². The van der Waals surface area contributed by atoms with Crippen LogP contribution in [0.3, 0.4) is 0 Å². The van der Waals surface area contributed by atoms with Crippen LogP contribution < -0.4 is 10.2 Å². The summed E-state index contributed by atoms with van der Waals surface area (Å²) in [5, 5.41) is 2.44. The molecule has 0 saturated carbocycles. The number of urea groups is 1. The van der Waals surface area contributed by atoms with Gasteiger partial charge in [-0.05, 0) is 42.8 Å². The van der Waals surface area contributed by atoms with Gasteiger partial charge >= 0.3 is 6.03 Å². The molecule has 1 N–H and O–H groups in total.